The molecule has 0 bridgehead atoms. The smallest absolute Gasteiger partial charge is 0.334 e. The van der Waals surface area contributed by atoms with E-state index in [1.54, 1.807) is 54.6 Å². The van der Waals surface area contributed by atoms with Crippen LogP contribution in [0.1, 0.15) is 29.8 Å². The highest BCUT2D eigenvalue weighted by atomic mass is 35.5. The van der Waals surface area contributed by atoms with Gasteiger partial charge in [-0.25, -0.2) is 14.7 Å². The van der Waals surface area contributed by atoms with Gasteiger partial charge in [-0.2, -0.15) is 0 Å². The maximum absolute atomic E-state index is 13.3. The van der Waals surface area contributed by atoms with Crippen LogP contribution in [0.3, 0.4) is 0 Å². The summed E-state index contributed by atoms with van der Waals surface area (Å²) in [5, 5.41) is 13.1. The van der Waals surface area contributed by atoms with Crippen LogP contribution in [-0.4, -0.2) is 28.6 Å². The molecule has 0 unspecified atom stereocenters. The Kier molecular flexibility index (Phi) is 6.95. The lowest BCUT2D eigenvalue weighted by atomic mass is 9.85. The Balaban J connectivity index is 1.93. The molecular formula is C23H21Cl2N3O3. The maximum Gasteiger partial charge on any atom is 0.334 e. The number of anilines is 2. The minimum atomic E-state index is -0.679. The van der Waals surface area contributed by atoms with Gasteiger partial charge in [0, 0.05) is 22.2 Å². The van der Waals surface area contributed by atoms with Gasteiger partial charge in [0.25, 0.3) is 5.91 Å². The van der Waals surface area contributed by atoms with E-state index < -0.39 is 17.4 Å². The number of halogens is 2. The molecule has 3 aromatic rings. The topological polar surface area (TPSA) is 82.5 Å². The largest absolute Gasteiger partial charge is 0.395 e. The van der Waals surface area contributed by atoms with E-state index in [9.17, 15) is 14.7 Å². The summed E-state index contributed by atoms with van der Waals surface area (Å²) in [4.78, 5) is 31.4. The molecule has 6 nitrogen and oxygen atoms in total. The zero-order valence-corrected chi connectivity index (χ0v) is 18.5. The number of carbonyl (C=O) groups is 2. The molecule has 0 spiro atoms. The lowest BCUT2D eigenvalue weighted by Crippen LogP contribution is -2.40. The van der Waals surface area contributed by atoms with Crippen LogP contribution in [0.4, 0.5) is 16.3 Å². The predicted molar refractivity (Wildman–Crippen MR) is 123 cm³/mol. The number of nitrogens with zero attached hydrogens (tertiary/aromatic N) is 2. The summed E-state index contributed by atoms with van der Waals surface area (Å²) in [5.41, 5.74) is 1.08. The summed E-state index contributed by atoms with van der Waals surface area (Å²) in [6, 6.07) is 15.6. The molecule has 0 radical (unpaired) electrons. The van der Waals surface area contributed by atoms with Crippen LogP contribution in [0.5, 0.6) is 0 Å². The van der Waals surface area contributed by atoms with Gasteiger partial charge >= 0.3 is 6.03 Å². The third kappa shape index (κ3) is 5.41. The molecule has 160 valence electrons. The van der Waals surface area contributed by atoms with E-state index in [0.717, 1.165) is 10.5 Å². The summed E-state index contributed by atoms with van der Waals surface area (Å²) < 4.78 is 0. The average Bonchev–Trinajstić information content (AvgIpc) is 2.77. The van der Waals surface area contributed by atoms with Crippen molar-refractivity contribution in [3.8, 4) is 0 Å². The highest BCUT2D eigenvalue weighted by molar-refractivity contribution is 6.31. The fourth-order valence-electron chi connectivity index (χ4n) is 2.82. The molecule has 8 heteroatoms. The number of amides is 3. The van der Waals surface area contributed by atoms with Crippen molar-refractivity contribution in [2.24, 2.45) is 0 Å². The Hall–Kier alpha value is -2.93. The van der Waals surface area contributed by atoms with E-state index >= 15 is 0 Å². The molecule has 2 aromatic carbocycles. The fraction of sp³-hybridized carbons (Fsp3) is 0.174. The molecule has 31 heavy (non-hydrogen) atoms. The number of aromatic nitrogens is 1. The molecule has 2 N–H and O–H groups in total. The van der Waals surface area contributed by atoms with Crippen LogP contribution in [0.15, 0.2) is 66.9 Å². The first kappa shape index (κ1) is 22.7. The zero-order valence-electron chi connectivity index (χ0n) is 17.0. The third-order valence-corrected chi connectivity index (χ3v) is 5.24. The van der Waals surface area contributed by atoms with E-state index in [1.807, 2.05) is 13.8 Å². The van der Waals surface area contributed by atoms with Gasteiger partial charge in [0.1, 0.15) is 5.82 Å². The van der Waals surface area contributed by atoms with Gasteiger partial charge in [-0.05, 0) is 54.1 Å². The first-order valence-corrected chi connectivity index (χ1v) is 10.2. The van der Waals surface area contributed by atoms with Crippen LogP contribution >= 0.6 is 23.2 Å². The maximum atomic E-state index is 13.3. The van der Waals surface area contributed by atoms with Gasteiger partial charge in [0.15, 0.2) is 0 Å². The van der Waals surface area contributed by atoms with Gasteiger partial charge in [-0.3, -0.25) is 10.1 Å². The molecule has 0 saturated heterocycles. The lowest BCUT2D eigenvalue weighted by molar-refractivity contribution is 0.0995. The number of aliphatic hydroxyl groups excluding tert-OH is 1. The highest BCUT2D eigenvalue weighted by Gasteiger charge is 2.26. The number of benzene rings is 2. The molecule has 0 aliphatic heterocycles. The van der Waals surface area contributed by atoms with Crippen molar-refractivity contribution >= 4 is 46.6 Å². The van der Waals surface area contributed by atoms with E-state index in [-0.39, 0.29) is 12.4 Å². The zero-order chi connectivity index (χ0) is 22.6. The Labute approximate surface area is 190 Å². The van der Waals surface area contributed by atoms with E-state index in [0.29, 0.717) is 21.3 Å². The highest BCUT2D eigenvalue weighted by Crippen LogP contribution is 2.25. The van der Waals surface area contributed by atoms with Crippen LogP contribution in [0, 0.1) is 0 Å². The number of aliphatic hydroxyl groups is 1. The summed E-state index contributed by atoms with van der Waals surface area (Å²) in [6.45, 7) is 3.76. The quantitative estimate of drug-likeness (QED) is 0.526. The Morgan fingerprint density at radius 1 is 0.968 bits per heavy atom. The van der Waals surface area contributed by atoms with E-state index in [4.69, 9.17) is 23.2 Å². The summed E-state index contributed by atoms with van der Waals surface area (Å²) in [5.74, 6) is -0.275. The predicted octanol–water partition coefficient (Wildman–Crippen LogP) is 5.54. The van der Waals surface area contributed by atoms with Crippen molar-refractivity contribution in [3.05, 3.63) is 88.0 Å². The molecule has 0 atom stereocenters. The monoisotopic (exact) mass is 457 g/mol. The Bertz CT molecular complexity index is 1070. The molecule has 0 aliphatic carbocycles. The van der Waals surface area contributed by atoms with Crippen LogP contribution in [0.2, 0.25) is 10.0 Å². The summed E-state index contributed by atoms with van der Waals surface area (Å²) >= 11 is 11.8. The van der Waals surface area contributed by atoms with Crippen LogP contribution < -0.4 is 10.2 Å². The number of carbonyl (C=O) groups excluding carboxylic acids is 2. The van der Waals surface area contributed by atoms with Crippen molar-refractivity contribution in [2.45, 2.75) is 19.3 Å². The molecule has 0 saturated carbocycles. The number of nitrogens with one attached hydrogen (secondary N) is 1. The molecule has 1 aromatic heterocycles. The van der Waals surface area contributed by atoms with Gasteiger partial charge < -0.3 is 5.11 Å². The Morgan fingerprint density at radius 2 is 1.58 bits per heavy atom. The van der Waals surface area contributed by atoms with Crippen LogP contribution in [0.25, 0.3) is 0 Å². The number of imide groups is 1. The van der Waals surface area contributed by atoms with Gasteiger partial charge in [-0.15, -0.1) is 0 Å². The Morgan fingerprint density at radius 3 is 2.13 bits per heavy atom. The number of hydrogen-bond donors (Lipinski definition) is 2. The molecule has 0 fully saturated rings. The minimum Gasteiger partial charge on any atom is -0.395 e. The number of hydrogen-bond acceptors (Lipinski definition) is 4. The van der Waals surface area contributed by atoms with Gasteiger partial charge in [0.05, 0.1) is 17.3 Å². The average molecular weight is 458 g/mol. The summed E-state index contributed by atoms with van der Waals surface area (Å²) in [7, 11) is 0. The van der Waals surface area contributed by atoms with Gasteiger partial charge in [0.2, 0.25) is 0 Å². The summed E-state index contributed by atoms with van der Waals surface area (Å²) in [6.07, 6.45) is 1.40. The minimum absolute atomic E-state index is 0.0340. The second kappa shape index (κ2) is 9.47. The number of rotatable bonds is 5. The number of pyridine rings is 1. The van der Waals surface area contributed by atoms with Gasteiger partial charge in [-0.1, -0.05) is 49.2 Å². The fourth-order valence-corrected chi connectivity index (χ4v) is 3.05. The third-order valence-electron chi connectivity index (χ3n) is 4.76. The second-order valence-electron chi connectivity index (χ2n) is 7.53. The first-order chi connectivity index (χ1) is 14.7. The second-order valence-corrected chi connectivity index (χ2v) is 8.40. The lowest BCUT2D eigenvalue weighted by Gasteiger charge is -2.24. The van der Waals surface area contributed by atoms with Crippen molar-refractivity contribution in [1.82, 2.24) is 4.98 Å². The molecule has 0 aliphatic rings. The molecule has 3 rings (SSSR count). The molecule has 3 amide bonds. The van der Waals surface area contributed by atoms with Crippen molar-refractivity contribution in [2.75, 3.05) is 16.8 Å². The molecular weight excluding hydrogens is 437 g/mol. The van der Waals surface area contributed by atoms with Crippen molar-refractivity contribution in [3.63, 3.8) is 0 Å². The van der Waals surface area contributed by atoms with E-state index in [2.05, 4.69) is 10.3 Å². The van der Waals surface area contributed by atoms with Crippen molar-refractivity contribution < 1.29 is 14.7 Å². The molecule has 1 heterocycles. The standard InChI is InChI=1S/C23H21Cl2N3O3/c1-23(2,14-29)16-5-3-15(4-6-16)21(30)28(19-10-7-17(24)8-11-19)22(31)27-20-12-9-18(25)13-26-20/h3-13,29H,14H2,1-2H3,(H,26,27,31). The van der Waals surface area contributed by atoms with E-state index in [1.165, 1.54) is 12.3 Å². The van der Waals surface area contributed by atoms with Crippen molar-refractivity contribution in [1.29, 1.82) is 0 Å². The SMILES string of the molecule is CC(C)(CO)c1ccc(C(=O)N(C(=O)Nc2ccc(Cl)cn2)c2ccc(Cl)cc2)cc1. The number of urea groups is 1. The van der Waals surface area contributed by atoms with Crippen LogP contribution in [-0.2, 0) is 5.41 Å². The first-order valence-electron chi connectivity index (χ1n) is 9.45. The normalized spacial score (nSPS) is 11.1.